The van der Waals surface area contributed by atoms with Crippen molar-refractivity contribution in [1.29, 1.82) is 0 Å². The summed E-state index contributed by atoms with van der Waals surface area (Å²) in [6, 6.07) is 6.71. The van der Waals surface area contributed by atoms with Crippen molar-refractivity contribution in [3.63, 3.8) is 0 Å². The van der Waals surface area contributed by atoms with Gasteiger partial charge in [-0.25, -0.2) is 9.37 Å². The summed E-state index contributed by atoms with van der Waals surface area (Å²) >= 11 is 5.76. The number of pyridine rings is 1. The summed E-state index contributed by atoms with van der Waals surface area (Å²) in [6.45, 7) is 1.32. The number of carbonyl (C=O) groups excluding carboxylic acids is 2. The smallest absolute Gasteiger partial charge is 0.259 e. The van der Waals surface area contributed by atoms with E-state index in [9.17, 15) is 14.0 Å². The average Bonchev–Trinajstić information content (AvgIpc) is 2.65. The molecular weight excluding hydrogens is 359 g/mol. The van der Waals surface area contributed by atoms with Gasteiger partial charge in [-0.05, 0) is 43.3 Å². The lowest BCUT2D eigenvalue weighted by Crippen LogP contribution is -2.27. The number of amides is 2. The fourth-order valence-electron chi connectivity index (χ4n) is 2.48. The number of benzene rings is 1. The molecule has 1 aliphatic rings. The molecule has 0 saturated carbocycles. The van der Waals surface area contributed by atoms with Gasteiger partial charge in [0.1, 0.15) is 11.6 Å². The molecule has 3 N–H and O–H groups in total. The van der Waals surface area contributed by atoms with Gasteiger partial charge in [0, 0.05) is 18.3 Å². The first kappa shape index (κ1) is 18.0. The van der Waals surface area contributed by atoms with Crippen molar-refractivity contribution >= 4 is 34.9 Å². The fraction of sp³-hybridized carbons (Fsp3) is 0.167. The Morgan fingerprint density at radius 1 is 1.15 bits per heavy atom. The molecule has 0 atom stereocenters. The Morgan fingerprint density at radius 2 is 2.00 bits per heavy atom. The molecule has 6 nitrogen and oxygen atoms in total. The molecule has 3 rings (SSSR count). The lowest BCUT2D eigenvalue weighted by Gasteiger charge is -2.15. The third-order valence-corrected chi connectivity index (χ3v) is 4.02. The molecule has 2 heterocycles. The number of nitrogens with zero attached hydrogens (tertiary/aromatic N) is 1. The van der Waals surface area contributed by atoms with E-state index in [-0.39, 0.29) is 23.0 Å². The number of rotatable bonds is 4. The van der Waals surface area contributed by atoms with Crippen LogP contribution >= 0.6 is 11.6 Å². The summed E-state index contributed by atoms with van der Waals surface area (Å²) in [5.41, 5.74) is 0.853. The van der Waals surface area contributed by atoms with Crippen LogP contribution in [0.1, 0.15) is 16.8 Å². The SMILES string of the molecule is O=C(Nc1ccc(F)cc1C(=O)Nc1ccc(Cl)cn1)C1=CCNCC1. The Balaban J connectivity index is 1.80. The largest absolute Gasteiger partial charge is 0.322 e. The van der Waals surface area contributed by atoms with Crippen molar-refractivity contribution in [3.05, 3.63) is 64.6 Å². The maximum Gasteiger partial charge on any atom is 0.259 e. The molecule has 0 spiro atoms. The normalized spacial score (nSPS) is 13.7. The number of anilines is 2. The molecule has 0 bridgehead atoms. The third-order valence-electron chi connectivity index (χ3n) is 3.80. The summed E-state index contributed by atoms with van der Waals surface area (Å²) in [4.78, 5) is 28.8. The summed E-state index contributed by atoms with van der Waals surface area (Å²) < 4.78 is 13.6. The van der Waals surface area contributed by atoms with Crippen LogP contribution in [0, 0.1) is 5.82 Å². The van der Waals surface area contributed by atoms with E-state index in [0.29, 0.717) is 30.1 Å². The van der Waals surface area contributed by atoms with Gasteiger partial charge in [-0.15, -0.1) is 0 Å². The van der Waals surface area contributed by atoms with Crippen LogP contribution in [0.4, 0.5) is 15.9 Å². The van der Waals surface area contributed by atoms with Crippen molar-refractivity contribution in [2.24, 2.45) is 0 Å². The van der Waals surface area contributed by atoms with Gasteiger partial charge in [0.15, 0.2) is 0 Å². The maximum atomic E-state index is 13.6. The molecule has 26 heavy (non-hydrogen) atoms. The molecule has 0 fully saturated rings. The van der Waals surface area contributed by atoms with Crippen LogP contribution in [0.2, 0.25) is 5.02 Å². The van der Waals surface area contributed by atoms with Gasteiger partial charge < -0.3 is 16.0 Å². The van der Waals surface area contributed by atoms with Gasteiger partial charge in [-0.3, -0.25) is 9.59 Å². The number of hydrogen-bond donors (Lipinski definition) is 3. The first-order chi connectivity index (χ1) is 12.5. The Kier molecular flexibility index (Phi) is 5.60. The fourth-order valence-corrected chi connectivity index (χ4v) is 2.59. The molecule has 8 heteroatoms. The van der Waals surface area contributed by atoms with Crippen molar-refractivity contribution in [2.45, 2.75) is 6.42 Å². The first-order valence-corrected chi connectivity index (χ1v) is 8.34. The lowest BCUT2D eigenvalue weighted by molar-refractivity contribution is -0.113. The third kappa shape index (κ3) is 4.44. The topological polar surface area (TPSA) is 83.1 Å². The van der Waals surface area contributed by atoms with E-state index < -0.39 is 11.7 Å². The van der Waals surface area contributed by atoms with E-state index in [0.717, 1.165) is 6.07 Å². The van der Waals surface area contributed by atoms with Crippen molar-refractivity contribution in [2.75, 3.05) is 23.7 Å². The van der Waals surface area contributed by atoms with Crippen LogP contribution in [0.25, 0.3) is 0 Å². The van der Waals surface area contributed by atoms with E-state index in [1.807, 2.05) is 0 Å². The predicted molar refractivity (Wildman–Crippen MR) is 97.8 cm³/mol. The molecule has 1 aromatic heterocycles. The quantitative estimate of drug-likeness (QED) is 0.768. The zero-order valence-electron chi connectivity index (χ0n) is 13.7. The number of carbonyl (C=O) groups is 2. The van der Waals surface area contributed by atoms with Crippen LogP contribution in [-0.4, -0.2) is 29.9 Å². The minimum atomic E-state index is -0.589. The van der Waals surface area contributed by atoms with E-state index >= 15 is 0 Å². The van der Waals surface area contributed by atoms with Crippen LogP contribution in [0.15, 0.2) is 48.2 Å². The standard InChI is InChI=1S/C18H16ClFN4O2/c19-12-1-4-16(22-10-12)24-18(26)14-9-13(20)2-3-15(14)23-17(25)11-5-7-21-8-6-11/h1-5,9-10,21H,6-8H2,(H,23,25)(H,22,24,26). The predicted octanol–water partition coefficient (Wildman–Crippen LogP) is 2.98. The Morgan fingerprint density at radius 3 is 2.69 bits per heavy atom. The van der Waals surface area contributed by atoms with Crippen LogP contribution in [-0.2, 0) is 4.79 Å². The Labute approximate surface area is 154 Å². The number of hydrogen-bond acceptors (Lipinski definition) is 4. The molecule has 1 aliphatic heterocycles. The van der Waals surface area contributed by atoms with Crippen molar-refractivity contribution in [3.8, 4) is 0 Å². The summed E-state index contributed by atoms with van der Waals surface area (Å²) in [7, 11) is 0. The van der Waals surface area contributed by atoms with Crippen LogP contribution in [0.3, 0.4) is 0 Å². The highest BCUT2D eigenvalue weighted by Crippen LogP contribution is 2.20. The van der Waals surface area contributed by atoms with E-state index in [2.05, 4.69) is 20.9 Å². The van der Waals surface area contributed by atoms with E-state index in [1.54, 1.807) is 12.1 Å². The monoisotopic (exact) mass is 374 g/mol. The lowest BCUT2D eigenvalue weighted by atomic mass is 10.1. The minimum absolute atomic E-state index is 0.00429. The van der Waals surface area contributed by atoms with Gasteiger partial charge in [-0.2, -0.15) is 0 Å². The highest BCUT2D eigenvalue weighted by Gasteiger charge is 2.18. The highest BCUT2D eigenvalue weighted by molar-refractivity contribution is 6.30. The van der Waals surface area contributed by atoms with Gasteiger partial charge in [0.2, 0.25) is 0 Å². The molecule has 1 aromatic carbocycles. The summed E-state index contributed by atoms with van der Waals surface area (Å²) in [5.74, 6) is -1.22. The van der Waals surface area contributed by atoms with E-state index in [4.69, 9.17) is 11.6 Å². The second kappa shape index (κ2) is 8.07. The number of nitrogens with one attached hydrogen (secondary N) is 3. The Bertz CT molecular complexity index is 868. The minimum Gasteiger partial charge on any atom is -0.322 e. The van der Waals surface area contributed by atoms with Gasteiger partial charge in [0.25, 0.3) is 11.8 Å². The van der Waals surface area contributed by atoms with Gasteiger partial charge >= 0.3 is 0 Å². The second-order valence-electron chi connectivity index (χ2n) is 5.64. The molecule has 0 saturated heterocycles. The molecular formula is C18H16ClFN4O2. The second-order valence-corrected chi connectivity index (χ2v) is 6.08. The number of aromatic nitrogens is 1. The molecule has 0 unspecified atom stereocenters. The number of halogens is 2. The summed E-state index contributed by atoms with van der Waals surface area (Å²) in [6.07, 6.45) is 3.76. The zero-order valence-corrected chi connectivity index (χ0v) is 14.4. The molecule has 2 aromatic rings. The Hall–Kier alpha value is -2.77. The first-order valence-electron chi connectivity index (χ1n) is 7.96. The zero-order chi connectivity index (χ0) is 18.5. The van der Waals surface area contributed by atoms with Crippen molar-refractivity contribution in [1.82, 2.24) is 10.3 Å². The maximum absolute atomic E-state index is 13.6. The molecule has 0 radical (unpaired) electrons. The summed E-state index contributed by atoms with van der Waals surface area (Å²) in [5, 5.41) is 8.78. The molecule has 2 amide bonds. The van der Waals surface area contributed by atoms with Crippen molar-refractivity contribution < 1.29 is 14.0 Å². The highest BCUT2D eigenvalue weighted by atomic mass is 35.5. The molecule has 134 valence electrons. The van der Waals surface area contributed by atoms with E-state index in [1.165, 1.54) is 24.4 Å². The average molecular weight is 375 g/mol. The van der Waals surface area contributed by atoms with Crippen LogP contribution < -0.4 is 16.0 Å². The van der Waals surface area contributed by atoms with Gasteiger partial charge in [-0.1, -0.05) is 17.7 Å². The molecule has 0 aliphatic carbocycles. The van der Waals surface area contributed by atoms with Gasteiger partial charge in [0.05, 0.1) is 16.3 Å². The van der Waals surface area contributed by atoms with Crippen LogP contribution in [0.5, 0.6) is 0 Å².